The summed E-state index contributed by atoms with van der Waals surface area (Å²) in [6, 6.07) is 19.5. The van der Waals surface area contributed by atoms with Crippen LogP contribution in [0.1, 0.15) is 187 Å². The van der Waals surface area contributed by atoms with Crippen LogP contribution < -0.4 is 0 Å². The number of aryl methyl sites for hydroxylation is 10. The topological polar surface area (TPSA) is 180 Å². The zero-order valence-electron chi connectivity index (χ0n) is 58.4. The van der Waals surface area contributed by atoms with E-state index in [9.17, 15) is 0 Å². The summed E-state index contributed by atoms with van der Waals surface area (Å²) >= 11 is 3.04. The summed E-state index contributed by atoms with van der Waals surface area (Å²) in [4.78, 5) is 43.7. The van der Waals surface area contributed by atoms with Gasteiger partial charge < -0.3 is 4.42 Å². The van der Waals surface area contributed by atoms with Gasteiger partial charge in [0.05, 0.1) is 24.1 Å². The number of allylic oxidation sites excluding steroid dienone is 1. The van der Waals surface area contributed by atoms with Crippen molar-refractivity contribution in [3.05, 3.63) is 227 Å². The molecule has 0 amide bonds. The first-order valence-corrected chi connectivity index (χ1v) is 31.5. The van der Waals surface area contributed by atoms with Gasteiger partial charge in [-0.3, -0.25) is 29.9 Å². The molecule has 16 heteroatoms. The highest BCUT2D eigenvalue weighted by atomic mass is 32.1. The van der Waals surface area contributed by atoms with Gasteiger partial charge in [-0.05, 0) is 170 Å². The molecule has 9 aromatic heterocycles. The van der Waals surface area contributed by atoms with Crippen LogP contribution in [-0.2, 0) is 0 Å². The number of nitrogens with zero attached hydrogens (tertiary/aromatic N) is 13. The van der Waals surface area contributed by atoms with Crippen molar-refractivity contribution in [2.24, 2.45) is 4.99 Å². The van der Waals surface area contributed by atoms with E-state index in [2.05, 4.69) is 89.6 Å². The largest absolute Gasteiger partial charge is 0.449 e. The smallest absolute Gasteiger partial charge is 0.180 e. The maximum Gasteiger partial charge on any atom is 0.180 e. The number of aliphatic imine (C=N–C) groups is 1. The Kier molecular flexibility index (Phi) is 99.9. The van der Waals surface area contributed by atoms with Crippen LogP contribution in [0.15, 0.2) is 180 Å². The molecule has 0 radical (unpaired) electrons. The van der Waals surface area contributed by atoms with E-state index in [-0.39, 0.29) is 0 Å². The van der Waals surface area contributed by atoms with E-state index >= 15 is 0 Å². The minimum atomic E-state index is 0.822. The van der Waals surface area contributed by atoms with E-state index in [1.807, 2.05) is 259 Å². The number of oxazole rings is 1. The molecule has 0 N–H and O–H groups in total. The minimum Gasteiger partial charge on any atom is -0.449 e. The molecule has 85 heavy (non-hydrogen) atoms. The quantitative estimate of drug-likeness (QED) is 0.140. The second-order valence-corrected chi connectivity index (χ2v) is 15.5. The van der Waals surface area contributed by atoms with Crippen LogP contribution in [0.4, 0.5) is 0 Å². The average molecular weight is 1210 g/mol. The maximum atomic E-state index is 4.72. The van der Waals surface area contributed by atoms with Gasteiger partial charge in [-0.15, -0.1) is 0 Å². The van der Waals surface area contributed by atoms with E-state index in [0.29, 0.717) is 0 Å². The number of rotatable bonds is 0. The van der Waals surface area contributed by atoms with Crippen molar-refractivity contribution in [3.63, 3.8) is 0 Å². The Bertz CT molecular complexity index is 2140. The normalized spacial score (nSPS) is 8.27. The molecule has 10 heterocycles. The summed E-state index contributed by atoms with van der Waals surface area (Å²) < 4.78 is 12.6. The van der Waals surface area contributed by atoms with Crippen LogP contribution in [0.25, 0.3) is 0 Å². The Labute approximate surface area is 528 Å². The van der Waals surface area contributed by atoms with Gasteiger partial charge in [-0.2, -0.15) is 4.37 Å². The molecule has 0 saturated carbocycles. The fourth-order valence-electron chi connectivity index (χ4n) is 3.90. The summed E-state index contributed by atoms with van der Waals surface area (Å²) in [5.41, 5.74) is 9.18. The third-order valence-electron chi connectivity index (χ3n) is 7.26. The highest BCUT2D eigenvalue weighted by Crippen LogP contribution is 2.05. The van der Waals surface area contributed by atoms with Gasteiger partial charge >= 0.3 is 0 Å². The van der Waals surface area contributed by atoms with E-state index in [1.54, 1.807) is 85.8 Å². The van der Waals surface area contributed by atoms with Gasteiger partial charge in [0, 0.05) is 102 Å². The summed E-state index contributed by atoms with van der Waals surface area (Å²) in [6.45, 7) is 58.6. The van der Waals surface area contributed by atoms with Crippen molar-refractivity contribution in [2.45, 2.75) is 201 Å². The second-order valence-electron chi connectivity index (χ2n) is 13.9. The van der Waals surface area contributed by atoms with Crippen LogP contribution in [0, 0.1) is 69.2 Å². The Morgan fingerprint density at radius 2 is 0.953 bits per heavy atom. The zero-order chi connectivity index (χ0) is 67.2. The van der Waals surface area contributed by atoms with Gasteiger partial charge in [0.2, 0.25) is 0 Å². The van der Waals surface area contributed by atoms with Crippen LogP contribution >= 0.6 is 23.1 Å². The summed E-state index contributed by atoms with van der Waals surface area (Å²) in [5.74, 6) is 1.68. The molecule has 0 saturated heterocycles. The van der Waals surface area contributed by atoms with E-state index < -0.39 is 0 Å². The predicted molar refractivity (Wildman–Crippen MR) is 376 cm³/mol. The van der Waals surface area contributed by atoms with Crippen molar-refractivity contribution in [3.8, 4) is 0 Å². The minimum absolute atomic E-state index is 0.822. The van der Waals surface area contributed by atoms with Gasteiger partial charge in [0.25, 0.3) is 0 Å². The number of pyridine rings is 3. The lowest BCUT2D eigenvalue weighted by molar-refractivity contribution is 0.527. The Hall–Kier alpha value is -7.43. The van der Waals surface area contributed by atoms with Gasteiger partial charge in [-0.25, -0.2) is 29.3 Å². The molecule has 1 aliphatic rings. The fraction of sp³-hybridized carbons (Fsp3) is 0.435. The fourth-order valence-corrected chi connectivity index (χ4v) is 4.98. The molecule has 0 fully saturated rings. The molecule has 14 nitrogen and oxygen atoms in total. The molecule has 10 rings (SSSR count). The molecule has 0 aliphatic carbocycles. The molecule has 0 atom stereocenters. The van der Waals surface area contributed by atoms with Crippen molar-refractivity contribution < 1.29 is 4.42 Å². The van der Waals surface area contributed by atoms with Crippen molar-refractivity contribution >= 4 is 29.3 Å². The second kappa shape index (κ2) is 87.8. The molecule has 0 aromatic carbocycles. The number of hydrogen-bond donors (Lipinski definition) is 0. The lowest BCUT2D eigenvalue weighted by atomic mass is 10.3. The molecule has 1 aliphatic heterocycles. The van der Waals surface area contributed by atoms with E-state index in [4.69, 9.17) is 4.42 Å². The van der Waals surface area contributed by atoms with Crippen molar-refractivity contribution in [1.82, 2.24) is 58.6 Å². The molecule has 9 aromatic rings. The lowest BCUT2D eigenvalue weighted by Crippen LogP contribution is -1.80. The molecular formula is C69H117N13OS2. The van der Waals surface area contributed by atoms with Crippen molar-refractivity contribution in [1.29, 1.82) is 0 Å². The van der Waals surface area contributed by atoms with Gasteiger partial charge in [0.15, 0.2) is 6.39 Å². The summed E-state index contributed by atoms with van der Waals surface area (Å²) in [7, 11) is 0. The van der Waals surface area contributed by atoms with Crippen LogP contribution in [-0.4, -0.2) is 71.3 Å². The summed E-state index contributed by atoms with van der Waals surface area (Å²) in [6.07, 6.45) is 29.7. The van der Waals surface area contributed by atoms with Crippen molar-refractivity contribution in [2.75, 3.05) is 6.54 Å². The first-order valence-electron chi connectivity index (χ1n) is 29.9. The first kappa shape index (κ1) is 96.7. The van der Waals surface area contributed by atoms with Gasteiger partial charge in [0.1, 0.15) is 17.9 Å². The Morgan fingerprint density at radius 3 is 1.14 bits per heavy atom. The lowest BCUT2D eigenvalue weighted by Gasteiger charge is -1.82. The maximum absolute atomic E-state index is 4.72. The van der Waals surface area contributed by atoms with E-state index in [0.717, 1.165) is 40.9 Å². The summed E-state index contributed by atoms with van der Waals surface area (Å²) in [5, 5.41) is 2.01. The molecule has 0 spiro atoms. The first-order chi connectivity index (χ1) is 41.3. The third kappa shape index (κ3) is 85.5. The average Bonchev–Trinajstić information content (AvgIpc) is 4.45. The SMILES string of the molecule is CC.CC.CC.CC.CC.CC.CC.CC.CC.CC1=CCN=C1.Cc1cc(C)sn1.Cc1ccccn1.Cc1cccnc1.Cc1ccncc1.Cc1ccncn1.Cc1cnccn1.Cc1cnco1.Cc1cnsc1.Cc1ncccn1. The highest BCUT2D eigenvalue weighted by Gasteiger charge is 1.87. The van der Waals surface area contributed by atoms with E-state index in [1.165, 1.54) is 51.4 Å². The molecule has 476 valence electrons. The molecule has 0 bridgehead atoms. The Morgan fingerprint density at radius 1 is 0.400 bits per heavy atom. The van der Waals surface area contributed by atoms with Crippen LogP contribution in [0.3, 0.4) is 0 Å². The molecule has 0 unspecified atom stereocenters. The van der Waals surface area contributed by atoms with Crippen LogP contribution in [0.5, 0.6) is 0 Å². The zero-order valence-corrected chi connectivity index (χ0v) is 60.0. The number of aromatic nitrogens is 12. The standard InChI is InChI=1S/3C6H7N.3C5H6N2.C5H7NS.C5H7N.C4H5NO.C4H5NS.9C2H6/c1-6-2-4-7-5-3-6;1-6-3-2-4-7-5-6;1-6-4-2-3-5-7-6;1-5-4-6-2-3-7-5;1-5-2-3-6-4-7-5;1-5-6-3-2-4-7-5;1-4-3-5(2)7-6-4;1-5-2-3-6-4-5;1-4-2-5-3-6-4;1-4-2-5-6-3-4;9*1-2/h3*2-5H,1H3;3*2-4H,1H3;3H,1-2H3;2,4H,3H2,1H3;2*2-3H,1H3;9*1-2H3. The Balaban J connectivity index is -0.000000105. The van der Waals surface area contributed by atoms with Gasteiger partial charge in [-0.1, -0.05) is 143 Å². The third-order valence-corrected chi connectivity index (χ3v) is 8.75. The number of hydrogen-bond acceptors (Lipinski definition) is 16. The van der Waals surface area contributed by atoms with Crippen LogP contribution in [0.2, 0.25) is 0 Å². The highest BCUT2D eigenvalue weighted by molar-refractivity contribution is 7.05. The molecular weight excluding hydrogens is 1090 g/mol. The predicted octanol–water partition coefficient (Wildman–Crippen LogP) is 21.0. The monoisotopic (exact) mass is 1210 g/mol.